The summed E-state index contributed by atoms with van der Waals surface area (Å²) >= 11 is 11.2. The van der Waals surface area contributed by atoms with Gasteiger partial charge in [0.2, 0.25) is 0 Å². The molecule has 0 aromatic heterocycles. The summed E-state index contributed by atoms with van der Waals surface area (Å²) in [6.45, 7) is 0. The fourth-order valence-electron chi connectivity index (χ4n) is 0.919. The molecule has 0 unspecified atom stereocenters. The van der Waals surface area contributed by atoms with Crippen LogP contribution in [0.25, 0.3) is 0 Å². The summed E-state index contributed by atoms with van der Waals surface area (Å²) in [6, 6.07) is 4.80. The van der Waals surface area contributed by atoms with Crippen molar-refractivity contribution in [2.45, 2.75) is 0 Å². The number of methoxy groups -OCH3 is 1. The predicted molar refractivity (Wildman–Crippen MR) is 53.1 cm³/mol. The Hall–Kier alpha value is -0.730. The van der Waals surface area contributed by atoms with Crippen LogP contribution in [0.15, 0.2) is 18.2 Å². The molecule has 1 aromatic carbocycles. The Morgan fingerprint density at radius 2 is 2.15 bits per heavy atom. The molecule has 4 heteroatoms. The number of hydrogen-bond acceptors (Lipinski definition) is 2. The first-order valence-corrected chi connectivity index (χ1v) is 4.52. The van der Waals surface area contributed by atoms with Gasteiger partial charge in [-0.2, -0.15) is 0 Å². The van der Waals surface area contributed by atoms with Crippen molar-refractivity contribution in [3.05, 3.63) is 28.8 Å². The lowest BCUT2D eigenvalue weighted by atomic mass is 10.1. The molecule has 0 saturated carbocycles. The van der Waals surface area contributed by atoms with Crippen molar-refractivity contribution in [1.82, 2.24) is 0 Å². The number of benzene rings is 1. The van der Waals surface area contributed by atoms with Gasteiger partial charge in [-0.3, -0.25) is 4.79 Å². The van der Waals surface area contributed by atoms with E-state index in [9.17, 15) is 4.79 Å². The van der Waals surface area contributed by atoms with E-state index in [0.717, 1.165) is 0 Å². The number of ketones is 1. The standard InChI is InChI=1S/C9H8Cl2O2/c1-13-8-3-6(9(12)5-10)2-7(11)4-8/h2-4H,5H2,1H3. The minimum absolute atomic E-state index is 0.0521. The lowest BCUT2D eigenvalue weighted by Gasteiger charge is -2.03. The minimum atomic E-state index is -0.164. The summed E-state index contributed by atoms with van der Waals surface area (Å²) in [5.41, 5.74) is 0.472. The SMILES string of the molecule is COc1cc(Cl)cc(C(=O)CCl)c1. The first-order valence-electron chi connectivity index (χ1n) is 3.61. The van der Waals surface area contributed by atoms with E-state index in [0.29, 0.717) is 16.3 Å². The van der Waals surface area contributed by atoms with Gasteiger partial charge in [0.15, 0.2) is 5.78 Å². The van der Waals surface area contributed by atoms with Gasteiger partial charge in [-0.15, -0.1) is 11.6 Å². The molecular weight excluding hydrogens is 211 g/mol. The molecule has 0 N–H and O–H groups in total. The first-order chi connectivity index (χ1) is 6.17. The van der Waals surface area contributed by atoms with Gasteiger partial charge in [0, 0.05) is 10.6 Å². The van der Waals surface area contributed by atoms with Gasteiger partial charge < -0.3 is 4.74 Å². The molecular formula is C9H8Cl2O2. The molecule has 0 saturated heterocycles. The highest BCUT2D eigenvalue weighted by molar-refractivity contribution is 6.33. The normalized spacial score (nSPS) is 9.77. The highest BCUT2D eigenvalue weighted by atomic mass is 35.5. The van der Waals surface area contributed by atoms with Crippen molar-refractivity contribution in [2.75, 3.05) is 13.0 Å². The zero-order chi connectivity index (χ0) is 9.84. The maximum atomic E-state index is 11.2. The van der Waals surface area contributed by atoms with E-state index in [1.165, 1.54) is 7.11 Å². The number of halogens is 2. The highest BCUT2D eigenvalue weighted by Crippen LogP contribution is 2.21. The van der Waals surface area contributed by atoms with Crippen molar-refractivity contribution >= 4 is 29.0 Å². The van der Waals surface area contributed by atoms with Crippen molar-refractivity contribution in [3.63, 3.8) is 0 Å². The van der Waals surface area contributed by atoms with Crippen LogP contribution in [0.5, 0.6) is 5.75 Å². The predicted octanol–water partition coefficient (Wildman–Crippen LogP) is 2.77. The number of carbonyl (C=O) groups is 1. The molecule has 0 fully saturated rings. The number of hydrogen-bond donors (Lipinski definition) is 0. The minimum Gasteiger partial charge on any atom is -0.497 e. The molecule has 0 aliphatic rings. The second-order valence-corrected chi connectivity index (χ2v) is 3.14. The molecule has 1 rings (SSSR count). The molecule has 2 nitrogen and oxygen atoms in total. The maximum Gasteiger partial charge on any atom is 0.177 e. The second-order valence-electron chi connectivity index (χ2n) is 2.44. The second kappa shape index (κ2) is 4.49. The van der Waals surface area contributed by atoms with Crippen LogP contribution in [0.4, 0.5) is 0 Å². The van der Waals surface area contributed by atoms with Crippen molar-refractivity contribution < 1.29 is 9.53 Å². The first kappa shape index (κ1) is 10.4. The van der Waals surface area contributed by atoms with Gasteiger partial charge in [-0.05, 0) is 18.2 Å². The summed E-state index contributed by atoms with van der Waals surface area (Å²) in [5, 5.41) is 0.466. The van der Waals surface area contributed by atoms with E-state index >= 15 is 0 Å². The Morgan fingerprint density at radius 1 is 1.46 bits per heavy atom. The van der Waals surface area contributed by atoms with Crippen molar-refractivity contribution in [3.8, 4) is 5.75 Å². The Bertz CT molecular complexity index is 323. The molecule has 0 radical (unpaired) electrons. The number of Topliss-reactive ketones (excluding diaryl/α,β-unsaturated/α-hetero) is 1. The molecule has 0 spiro atoms. The van der Waals surface area contributed by atoms with Gasteiger partial charge in [-0.1, -0.05) is 11.6 Å². The molecule has 0 amide bonds. The fraction of sp³-hybridized carbons (Fsp3) is 0.222. The number of ether oxygens (including phenoxy) is 1. The molecule has 1 aromatic rings. The molecule has 0 bridgehead atoms. The van der Waals surface area contributed by atoms with Gasteiger partial charge >= 0.3 is 0 Å². The number of alkyl halides is 1. The summed E-state index contributed by atoms with van der Waals surface area (Å²) < 4.78 is 4.95. The lowest BCUT2D eigenvalue weighted by molar-refractivity contribution is 0.102. The Balaban J connectivity index is 3.08. The maximum absolute atomic E-state index is 11.2. The van der Waals surface area contributed by atoms with Crippen LogP contribution in [0.3, 0.4) is 0 Å². The van der Waals surface area contributed by atoms with Crippen LogP contribution in [0.2, 0.25) is 5.02 Å². The molecule has 70 valence electrons. The third-order valence-corrected chi connectivity index (χ3v) is 2.01. The van der Waals surface area contributed by atoms with Gasteiger partial charge in [0.1, 0.15) is 5.75 Å². The van der Waals surface area contributed by atoms with E-state index in [1.807, 2.05) is 0 Å². The van der Waals surface area contributed by atoms with E-state index in [-0.39, 0.29) is 11.7 Å². The third kappa shape index (κ3) is 2.61. The summed E-state index contributed by atoms with van der Waals surface area (Å²) in [5.74, 6) is 0.340. The summed E-state index contributed by atoms with van der Waals surface area (Å²) in [4.78, 5) is 11.2. The molecule has 0 atom stereocenters. The third-order valence-electron chi connectivity index (χ3n) is 1.55. The van der Waals surface area contributed by atoms with Crippen LogP contribution in [-0.4, -0.2) is 18.8 Å². The van der Waals surface area contributed by atoms with Crippen molar-refractivity contribution in [1.29, 1.82) is 0 Å². The van der Waals surface area contributed by atoms with Crippen molar-refractivity contribution in [2.24, 2.45) is 0 Å². The molecule has 13 heavy (non-hydrogen) atoms. The van der Waals surface area contributed by atoms with Crippen LogP contribution in [0.1, 0.15) is 10.4 Å². The molecule has 0 aliphatic carbocycles. The van der Waals surface area contributed by atoms with E-state index in [1.54, 1.807) is 18.2 Å². The Kier molecular flexibility index (Phi) is 3.58. The fourth-order valence-corrected chi connectivity index (χ4v) is 1.30. The van der Waals surface area contributed by atoms with Gasteiger partial charge in [-0.25, -0.2) is 0 Å². The summed E-state index contributed by atoms with van der Waals surface area (Å²) in [6.07, 6.45) is 0. The lowest BCUT2D eigenvalue weighted by Crippen LogP contribution is -2.00. The average Bonchev–Trinajstić information content (AvgIpc) is 2.15. The quantitative estimate of drug-likeness (QED) is 0.577. The van der Waals surface area contributed by atoms with E-state index < -0.39 is 0 Å². The smallest absolute Gasteiger partial charge is 0.177 e. The summed E-state index contributed by atoms with van der Waals surface area (Å²) in [7, 11) is 1.51. The van der Waals surface area contributed by atoms with Gasteiger partial charge in [0.25, 0.3) is 0 Å². The largest absolute Gasteiger partial charge is 0.497 e. The number of rotatable bonds is 3. The molecule has 0 heterocycles. The average molecular weight is 219 g/mol. The van der Waals surface area contributed by atoms with Crippen LogP contribution in [-0.2, 0) is 0 Å². The molecule has 0 aliphatic heterocycles. The van der Waals surface area contributed by atoms with Crippen LogP contribution < -0.4 is 4.74 Å². The highest BCUT2D eigenvalue weighted by Gasteiger charge is 2.06. The van der Waals surface area contributed by atoms with Gasteiger partial charge in [0.05, 0.1) is 13.0 Å². The Morgan fingerprint density at radius 3 is 2.69 bits per heavy atom. The van der Waals surface area contributed by atoms with E-state index in [2.05, 4.69) is 0 Å². The zero-order valence-corrected chi connectivity index (χ0v) is 8.52. The van der Waals surface area contributed by atoms with E-state index in [4.69, 9.17) is 27.9 Å². The number of carbonyl (C=O) groups excluding carboxylic acids is 1. The topological polar surface area (TPSA) is 26.3 Å². The monoisotopic (exact) mass is 218 g/mol. The Labute approximate surface area is 86.4 Å². The van der Waals surface area contributed by atoms with Crippen LogP contribution >= 0.6 is 23.2 Å². The van der Waals surface area contributed by atoms with Crippen LogP contribution in [0, 0.1) is 0 Å². The zero-order valence-electron chi connectivity index (χ0n) is 7.01.